The van der Waals surface area contributed by atoms with Gasteiger partial charge in [-0.3, -0.25) is 4.79 Å². The van der Waals surface area contributed by atoms with E-state index in [0.29, 0.717) is 23.2 Å². The van der Waals surface area contributed by atoms with Gasteiger partial charge in [0, 0.05) is 10.6 Å². The van der Waals surface area contributed by atoms with Crippen LogP contribution in [0.4, 0.5) is 0 Å². The van der Waals surface area contributed by atoms with Crippen LogP contribution < -0.4 is 10.1 Å². The quantitative estimate of drug-likeness (QED) is 0.554. The second-order valence-electron chi connectivity index (χ2n) is 7.03. The second-order valence-corrected chi connectivity index (χ2v) is 7.47. The molecule has 3 aromatic rings. The molecule has 1 N–H and O–H groups in total. The SMILES string of the molecule is Cc1ccc(C(C)C)c(OCC(=O)NCc2ccc(-c3ccc(Cl)cc3)o2)c1. The molecule has 4 nitrogen and oxygen atoms in total. The number of amides is 1. The molecule has 28 heavy (non-hydrogen) atoms. The molecule has 1 amide bonds. The largest absolute Gasteiger partial charge is 0.483 e. The van der Waals surface area contributed by atoms with Gasteiger partial charge in [-0.2, -0.15) is 0 Å². The van der Waals surface area contributed by atoms with Gasteiger partial charge in [-0.15, -0.1) is 0 Å². The van der Waals surface area contributed by atoms with Crippen molar-refractivity contribution in [1.82, 2.24) is 5.32 Å². The summed E-state index contributed by atoms with van der Waals surface area (Å²) in [6.45, 7) is 6.49. The number of benzene rings is 2. The van der Waals surface area contributed by atoms with Gasteiger partial charge >= 0.3 is 0 Å². The van der Waals surface area contributed by atoms with Crippen molar-refractivity contribution in [2.75, 3.05) is 6.61 Å². The Morgan fingerprint density at radius 2 is 1.86 bits per heavy atom. The summed E-state index contributed by atoms with van der Waals surface area (Å²) < 4.78 is 11.6. The standard InChI is InChI=1S/C23H24ClNO3/c1-15(2)20-10-4-16(3)12-22(20)27-14-23(26)25-13-19-9-11-21(28-19)17-5-7-18(24)8-6-17/h4-12,15H,13-14H2,1-3H3,(H,25,26). The number of nitrogens with one attached hydrogen (secondary N) is 1. The van der Waals surface area contributed by atoms with Crippen LogP contribution in [0, 0.1) is 6.92 Å². The van der Waals surface area contributed by atoms with Crippen LogP contribution in [0.25, 0.3) is 11.3 Å². The first-order chi connectivity index (χ1) is 13.4. The van der Waals surface area contributed by atoms with Crippen LogP contribution in [-0.2, 0) is 11.3 Å². The minimum atomic E-state index is -0.194. The highest BCUT2D eigenvalue weighted by Crippen LogP contribution is 2.27. The van der Waals surface area contributed by atoms with Crippen LogP contribution in [0.1, 0.15) is 36.7 Å². The molecular weight excluding hydrogens is 374 g/mol. The van der Waals surface area contributed by atoms with E-state index in [2.05, 4.69) is 25.2 Å². The summed E-state index contributed by atoms with van der Waals surface area (Å²) >= 11 is 5.91. The van der Waals surface area contributed by atoms with Crippen molar-refractivity contribution in [3.63, 3.8) is 0 Å². The van der Waals surface area contributed by atoms with Crippen LogP contribution in [0.3, 0.4) is 0 Å². The molecule has 5 heteroatoms. The van der Waals surface area contributed by atoms with Crippen molar-refractivity contribution in [3.05, 3.63) is 76.5 Å². The summed E-state index contributed by atoms with van der Waals surface area (Å²) in [7, 11) is 0. The van der Waals surface area contributed by atoms with Crippen LogP contribution >= 0.6 is 11.6 Å². The third-order valence-electron chi connectivity index (χ3n) is 4.40. The van der Waals surface area contributed by atoms with Gasteiger partial charge < -0.3 is 14.5 Å². The lowest BCUT2D eigenvalue weighted by atomic mass is 10.0. The maximum Gasteiger partial charge on any atom is 0.258 e. The molecule has 3 rings (SSSR count). The predicted molar refractivity (Wildman–Crippen MR) is 112 cm³/mol. The monoisotopic (exact) mass is 397 g/mol. The van der Waals surface area contributed by atoms with Gasteiger partial charge in [-0.25, -0.2) is 0 Å². The highest BCUT2D eigenvalue weighted by atomic mass is 35.5. The van der Waals surface area contributed by atoms with Crippen molar-refractivity contribution in [2.24, 2.45) is 0 Å². The minimum Gasteiger partial charge on any atom is -0.483 e. The summed E-state index contributed by atoms with van der Waals surface area (Å²) in [4.78, 5) is 12.2. The Kier molecular flexibility index (Phi) is 6.42. The summed E-state index contributed by atoms with van der Waals surface area (Å²) in [5.74, 6) is 2.30. The summed E-state index contributed by atoms with van der Waals surface area (Å²) in [5.41, 5.74) is 3.13. The first-order valence-corrected chi connectivity index (χ1v) is 9.65. The summed E-state index contributed by atoms with van der Waals surface area (Å²) in [6.07, 6.45) is 0. The highest BCUT2D eigenvalue weighted by Gasteiger charge is 2.11. The minimum absolute atomic E-state index is 0.0338. The molecule has 0 aliphatic heterocycles. The van der Waals surface area contributed by atoms with E-state index >= 15 is 0 Å². The Balaban J connectivity index is 1.54. The highest BCUT2D eigenvalue weighted by molar-refractivity contribution is 6.30. The molecule has 0 radical (unpaired) electrons. The molecule has 146 valence electrons. The van der Waals surface area contributed by atoms with E-state index in [-0.39, 0.29) is 12.5 Å². The molecule has 0 saturated heterocycles. The summed E-state index contributed by atoms with van der Waals surface area (Å²) in [5, 5.41) is 3.51. The second kappa shape index (κ2) is 8.98. The number of carbonyl (C=O) groups is 1. The molecule has 0 saturated carbocycles. The smallest absolute Gasteiger partial charge is 0.258 e. The number of aryl methyl sites for hydroxylation is 1. The molecular formula is C23H24ClNO3. The number of hydrogen-bond donors (Lipinski definition) is 1. The normalized spacial score (nSPS) is 10.9. The number of rotatable bonds is 7. The Morgan fingerprint density at radius 3 is 2.57 bits per heavy atom. The number of ether oxygens (including phenoxy) is 1. The average Bonchev–Trinajstić information content (AvgIpc) is 3.14. The van der Waals surface area contributed by atoms with E-state index in [1.165, 1.54) is 0 Å². The molecule has 0 unspecified atom stereocenters. The zero-order valence-electron chi connectivity index (χ0n) is 16.3. The fourth-order valence-electron chi connectivity index (χ4n) is 2.87. The zero-order chi connectivity index (χ0) is 20.1. The molecule has 0 atom stereocenters. The van der Waals surface area contributed by atoms with E-state index < -0.39 is 0 Å². The molecule has 0 bridgehead atoms. The Bertz CT molecular complexity index is 945. The van der Waals surface area contributed by atoms with E-state index in [1.54, 1.807) is 0 Å². The Labute approximate surface area is 170 Å². The van der Waals surface area contributed by atoms with Crippen LogP contribution in [0.15, 0.2) is 59.0 Å². The van der Waals surface area contributed by atoms with Gasteiger partial charge in [0.05, 0.1) is 6.54 Å². The molecule has 0 aliphatic carbocycles. The van der Waals surface area contributed by atoms with Gasteiger partial charge in [0.2, 0.25) is 0 Å². The van der Waals surface area contributed by atoms with Crippen LogP contribution in [0.5, 0.6) is 5.75 Å². The van der Waals surface area contributed by atoms with Crippen molar-refractivity contribution < 1.29 is 13.9 Å². The molecule has 0 spiro atoms. The summed E-state index contributed by atoms with van der Waals surface area (Å²) in [6, 6.07) is 17.2. The maximum absolute atomic E-state index is 12.2. The lowest BCUT2D eigenvalue weighted by molar-refractivity contribution is -0.123. The van der Waals surface area contributed by atoms with Gasteiger partial charge in [0.1, 0.15) is 17.3 Å². The van der Waals surface area contributed by atoms with Crippen molar-refractivity contribution in [2.45, 2.75) is 33.2 Å². The van der Waals surface area contributed by atoms with Crippen molar-refractivity contribution >= 4 is 17.5 Å². The van der Waals surface area contributed by atoms with Gasteiger partial charge in [0.25, 0.3) is 5.91 Å². The molecule has 1 heterocycles. The van der Waals surface area contributed by atoms with Gasteiger partial charge in [-0.05, 0) is 66.4 Å². The lowest BCUT2D eigenvalue weighted by Crippen LogP contribution is -2.28. The van der Waals surface area contributed by atoms with E-state index in [9.17, 15) is 4.79 Å². The van der Waals surface area contributed by atoms with Gasteiger partial charge in [0.15, 0.2) is 6.61 Å². The maximum atomic E-state index is 12.2. The Hall–Kier alpha value is -2.72. The average molecular weight is 398 g/mol. The first kappa shape index (κ1) is 20.0. The van der Waals surface area contributed by atoms with E-state index in [4.69, 9.17) is 20.8 Å². The molecule has 2 aromatic carbocycles. The predicted octanol–water partition coefficient (Wildman–Crippen LogP) is 5.73. The number of carbonyl (C=O) groups excluding carboxylic acids is 1. The fraction of sp³-hybridized carbons (Fsp3) is 0.261. The third-order valence-corrected chi connectivity index (χ3v) is 4.65. The zero-order valence-corrected chi connectivity index (χ0v) is 17.0. The Morgan fingerprint density at radius 1 is 1.11 bits per heavy atom. The third kappa shape index (κ3) is 5.17. The van der Waals surface area contributed by atoms with Gasteiger partial charge in [-0.1, -0.05) is 37.6 Å². The number of halogens is 1. The number of hydrogen-bond acceptors (Lipinski definition) is 3. The van der Waals surface area contributed by atoms with Crippen molar-refractivity contribution in [1.29, 1.82) is 0 Å². The molecule has 0 fully saturated rings. The van der Waals surface area contributed by atoms with Crippen LogP contribution in [-0.4, -0.2) is 12.5 Å². The molecule has 1 aromatic heterocycles. The topological polar surface area (TPSA) is 51.5 Å². The van der Waals surface area contributed by atoms with Crippen LogP contribution in [0.2, 0.25) is 5.02 Å². The van der Waals surface area contributed by atoms with E-state index in [1.807, 2.05) is 55.5 Å². The first-order valence-electron chi connectivity index (χ1n) is 9.27. The lowest BCUT2D eigenvalue weighted by Gasteiger charge is -2.14. The fourth-order valence-corrected chi connectivity index (χ4v) is 2.99. The number of furan rings is 1. The molecule has 0 aliphatic rings. The van der Waals surface area contributed by atoms with E-state index in [0.717, 1.165) is 28.2 Å². The van der Waals surface area contributed by atoms with Crippen molar-refractivity contribution in [3.8, 4) is 17.1 Å².